The Morgan fingerprint density at radius 3 is 1.55 bits per heavy atom. The maximum Gasteiger partial charge on any atom is 0.127 e. The lowest BCUT2D eigenvalue weighted by Crippen LogP contribution is -1.99. The third-order valence-electron chi connectivity index (χ3n) is 5.79. The van der Waals surface area contributed by atoms with Crippen molar-refractivity contribution >= 4 is 22.1 Å². The summed E-state index contributed by atoms with van der Waals surface area (Å²) in [6.07, 6.45) is 3.78. The number of benzene rings is 4. The minimum absolute atomic E-state index is 0.742. The van der Waals surface area contributed by atoms with Gasteiger partial charge in [-0.25, -0.2) is 9.97 Å². The van der Waals surface area contributed by atoms with Crippen LogP contribution in [0.4, 0.5) is 0 Å². The second-order valence-electron chi connectivity index (χ2n) is 8.12. The van der Waals surface area contributed by atoms with Gasteiger partial charge in [0.25, 0.3) is 0 Å². The molecular formula is C28H22N4O. The van der Waals surface area contributed by atoms with E-state index in [0.717, 1.165) is 57.8 Å². The summed E-state index contributed by atoms with van der Waals surface area (Å²) in [5.74, 6) is 1.64. The maximum atomic E-state index is 6.22. The maximum absolute atomic E-state index is 6.22. The molecule has 5 heteroatoms. The average Bonchev–Trinajstić information content (AvgIpc) is 3.44. The predicted molar refractivity (Wildman–Crippen MR) is 131 cm³/mol. The molecule has 5 nitrogen and oxygen atoms in total. The Kier molecular flexibility index (Phi) is 4.85. The predicted octanol–water partition coefficient (Wildman–Crippen LogP) is 6.27. The Hall–Kier alpha value is -4.38. The average molecular weight is 431 g/mol. The van der Waals surface area contributed by atoms with E-state index in [0.29, 0.717) is 0 Å². The third kappa shape index (κ3) is 3.96. The minimum atomic E-state index is 0.742. The molecule has 0 N–H and O–H groups in total. The zero-order valence-electron chi connectivity index (χ0n) is 18.0. The van der Waals surface area contributed by atoms with Gasteiger partial charge in [-0.15, -0.1) is 0 Å². The molecule has 0 fully saturated rings. The second-order valence-corrected chi connectivity index (χ2v) is 8.12. The third-order valence-corrected chi connectivity index (χ3v) is 5.79. The van der Waals surface area contributed by atoms with Gasteiger partial charge in [0.2, 0.25) is 0 Å². The topological polar surface area (TPSA) is 44.9 Å². The summed E-state index contributed by atoms with van der Waals surface area (Å²) in [5.41, 5.74) is 6.60. The van der Waals surface area contributed by atoms with Gasteiger partial charge in [0.05, 0.1) is 34.7 Å². The molecule has 0 aliphatic heterocycles. The van der Waals surface area contributed by atoms with Crippen molar-refractivity contribution in [3.8, 4) is 11.5 Å². The van der Waals surface area contributed by atoms with Crippen LogP contribution in [0.15, 0.2) is 110 Å². The summed E-state index contributed by atoms with van der Waals surface area (Å²) in [7, 11) is 0. The molecule has 0 aliphatic carbocycles. The van der Waals surface area contributed by atoms with Crippen molar-refractivity contribution in [1.82, 2.24) is 19.1 Å². The van der Waals surface area contributed by atoms with Crippen LogP contribution in [0.25, 0.3) is 22.1 Å². The molecule has 0 aliphatic rings. The van der Waals surface area contributed by atoms with Gasteiger partial charge in [-0.2, -0.15) is 0 Å². The van der Waals surface area contributed by atoms with Gasteiger partial charge in [-0.05, 0) is 59.7 Å². The summed E-state index contributed by atoms with van der Waals surface area (Å²) in [6.45, 7) is 1.48. The van der Waals surface area contributed by atoms with E-state index in [1.807, 2.05) is 73.3 Å². The Morgan fingerprint density at radius 2 is 1.03 bits per heavy atom. The van der Waals surface area contributed by atoms with Crippen LogP contribution in [0.3, 0.4) is 0 Å². The summed E-state index contributed by atoms with van der Waals surface area (Å²) < 4.78 is 10.5. The SMILES string of the molecule is c1cc(Cn2cnc3ccccc32)cc(Oc2cccc(Cn3cnc4ccccc43)c2)c1. The highest BCUT2D eigenvalue weighted by atomic mass is 16.5. The Balaban J connectivity index is 1.21. The first-order valence-electron chi connectivity index (χ1n) is 11.0. The van der Waals surface area contributed by atoms with Crippen molar-refractivity contribution in [1.29, 1.82) is 0 Å². The number of hydrogen-bond acceptors (Lipinski definition) is 3. The van der Waals surface area contributed by atoms with Crippen LogP contribution in [-0.2, 0) is 13.1 Å². The fourth-order valence-electron chi connectivity index (χ4n) is 4.22. The molecule has 4 aromatic carbocycles. The van der Waals surface area contributed by atoms with Gasteiger partial charge in [-0.1, -0.05) is 48.5 Å². The first kappa shape index (κ1) is 19.3. The Bertz CT molecular complexity index is 1450. The summed E-state index contributed by atoms with van der Waals surface area (Å²) in [5, 5.41) is 0. The number of para-hydroxylation sites is 4. The lowest BCUT2D eigenvalue weighted by Gasteiger charge is -2.11. The zero-order chi connectivity index (χ0) is 22.0. The van der Waals surface area contributed by atoms with Gasteiger partial charge in [0, 0.05) is 13.1 Å². The number of aromatic nitrogens is 4. The monoisotopic (exact) mass is 430 g/mol. The van der Waals surface area contributed by atoms with Crippen LogP contribution < -0.4 is 4.74 Å². The molecular weight excluding hydrogens is 408 g/mol. The van der Waals surface area contributed by atoms with Gasteiger partial charge in [0.1, 0.15) is 11.5 Å². The largest absolute Gasteiger partial charge is 0.457 e. The van der Waals surface area contributed by atoms with Crippen LogP contribution in [0.5, 0.6) is 11.5 Å². The molecule has 2 heterocycles. The van der Waals surface area contributed by atoms with Crippen molar-refractivity contribution < 1.29 is 4.74 Å². The first-order chi connectivity index (χ1) is 16.3. The van der Waals surface area contributed by atoms with E-state index in [1.165, 1.54) is 0 Å². The van der Waals surface area contributed by atoms with E-state index < -0.39 is 0 Å². The standard InChI is InChI=1S/C28H22N4O/c1-3-13-27-25(11-1)29-19-31(27)17-21-7-5-9-23(15-21)33-24-10-6-8-22(16-24)18-32-20-30-26-12-2-4-14-28(26)32/h1-16,19-20H,17-18H2. The van der Waals surface area contributed by atoms with Gasteiger partial charge < -0.3 is 13.9 Å². The van der Waals surface area contributed by atoms with Crippen LogP contribution in [0, 0.1) is 0 Å². The van der Waals surface area contributed by atoms with Gasteiger partial charge in [-0.3, -0.25) is 0 Å². The van der Waals surface area contributed by atoms with E-state index in [9.17, 15) is 0 Å². The highest BCUT2D eigenvalue weighted by Gasteiger charge is 2.06. The molecule has 160 valence electrons. The van der Waals surface area contributed by atoms with Crippen molar-refractivity contribution in [2.45, 2.75) is 13.1 Å². The first-order valence-corrected chi connectivity index (χ1v) is 11.0. The fourth-order valence-corrected chi connectivity index (χ4v) is 4.22. The molecule has 0 unspecified atom stereocenters. The number of imidazole rings is 2. The number of rotatable bonds is 6. The van der Waals surface area contributed by atoms with Crippen molar-refractivity contribution in [3.63, 3.8) is 0 Å². The molecule has 0 bridgehead atoms. The van der Waals surface area contributed by atoms with Gasteiger partial charge >= 0.3 is 0 Å². The van der Waals surface area contributed by atoms with E-state index in [-0.39, 0.29) is 0 Å². The molecule has 0 saturated heterocycles. The van der Waals surface area contributed by atoms with Crippen LogP contribution in [0.2, 0.25) is 0 Å². The van der Waals surface area contributed by atoms with E-state index in [4.69, 9.17) is 4.74 Å². The molecule has 2 aromatic heterocycles. The lowest BCUT2D eigenvalue weighted by atomic mass is 10.2. The van der Waals surface area contributed by atoms with Crippen LogP contribution in [0.1, 0.15) is 11.1 Å². The fraction of sp³-hybridized carbons (Fsp3) is 0.0714. The summed E-state index contributed by atoms with van der Waals surface area (Å²) >= 11 is 0. The Morgan fingerprint density at radius 1 is 0.545 bits per heavy atom. The zero-order valence-corrected chi connectivity index (χ0v) is 18.0. The van der Waals surface area contributed by atoms with E-state index in [2.05, 4.69) is 55.5 Å². The van der Waals surface area contributed by atoms with Crippen molar-refractivity contribution in [3.05, 3.63) is 121 Å². The van der Waals surface area contributed by atoms with Gasteiger partial charge in [0.15, 0.2) is 0 Å². The number of hydrogen-bond donors (Lipinski definition) is 0. The number of fused-ring (bicyclic) bond motifs is 2. The molecule has 33 heavy (non-hydrogen) atoms. The van der Waals surface area contributed by atoms with Crippen molar-refractivity contribution in [2.24, 2.45) is 0 Å². The minimum Gasteiger partial charge on any atom is -0.457 e. The van der Waals surface area contributed by atoms with Crippen molar-refractivity contribution in [2.75, 3.05) is 0 Å². The molecule has 6 aromatic rings. The summed E-state index contributed by atoms with van der Waals surface area (Å²) in [6, 6.07) is 32.8. The molecule has 6 rings (SSSR count). The molecule has 0 amide bonds. The number of nitrogens with zero attached hydrogens (tertiary/aromatic N) is 4. The van der Waals surface area contributed by atoms with Crippen LogP contribution >= 0.6 is 0 Å². The second kappa shape index (κ2) is 8.28. The van der Waals surface area contributed by atoms with E-state index >= 15 is 0 Å². The van der Waals surface area contributed by atoms with Crippen LogP contribution in [-0.4, -0.2) is 19.1 Å². The summed E-state index contributed by atoms with van der Waals surface area (Å²) in [4.78, 5) is 8.98. The van der Waals surface area contributed by atoms with E-state index in [1.54, 1.807) is 0 Å². The molecule has 0 spiro atoms. The smallest absolute Gasteiger partial charge is 0.127 e. The molecule has 0 saturated carbocycles. The quantitative estimate of drug-likeness (QED) is 0.313. The Labute approximate surface area is 191 Å². The molecule has 0 radical (unpaired) electrons. The highest BCUT2D eigenvalue weighted by molar-refractivity contribution is 5.75. The lowest BCUT2D eigenvalue weighted by molar-refractivity contribution is 0.481. The molecule has 0 atom stereocenters. The highest BCUT2D eigenvalue weighted by Crippen LogP contribution is 2.25. The number of ether oxygens (including phenoxy) is 1. The normalized spacial score (nSPS) is 11.3.